The van der Waals surface area contributed by atoms with Crippen molar-refractivity contribution in [3.8, 4) is 23.7 Å². The molecule has 5 heterocycles. The minimum atomic E-state index is -1.01. The highest BCUT2D eigenvalue weighted by molar-refractivity contribution is 6.31. The van der Waals surface area contributed by atoms with E-state index in [-0.39, 0.29) is 59.5 Å². The fraction of sp³-hybridized carbons (Fsp3) is 0.409. The highest BCUT2D eigenvalue weighted by Gasteiger charge is 2.67. The van der Waals surface area contributed by atoms with Crippen LogP contribution in [0, 0.1) is 45.7 Å². The van der Waals surface area contributed by atoms with Crippen molar-refractivity contribution < 1.29 is 33.1 Å². The lowest BCUT2D eigenvalue weighted by atomic mass is 9.49. The lowest BCUT2D eigenvalue weighted by Crippen LogP contribution is -2.74. The number of hydrogen-bond donors (Lipinski definition) is 1. The summed E-state index contributed by atoms with van der Waals surface area (Å²) in [7, 11) is 0. The number of piperidine rings is 1. The number of anilines is 1. The number of halogens is 2. The van der Waals surface area contributed by atoms with Crippen LogP contribution in [0.3, 0.4) is 0 Å². The third-order valence-electron chi connectivity index (χ3n) is 12.9. The van der Waals surface area contributed by atoms with E-state index in [2.05, 4.69) is 60.7 Å². The molecule has 12 nitrogen and oxygen atoms in total. The van der Waals surface area contributed by atoms with Crippen molar-refractivity contribution in [1.29, 1.82) is 5.26 Å². The van der Waals surface area contributed by atoms with Crippen molar-refractivity contribution in [3.05, 3.63) is 92.8 Å². The van der Waals surface area contributed by atoms with E-state index in [9.17, 15) is 29.2 Å². The number of likely N-dealkylation sites (tertiary alicyclic amines) is 1. The monoisotopic (exact) mass is 802 g/mol. The van der Waals surface area contributed by atoms with Gasteiger partial charge in [-0.2, -0.15) is 5.26 Å². The Labute approximate surface area is 339 Å². The van der Waals surface area contributed by atoms with Gasteiger partial charge < -0.3 is 14.5 Å². The Balaban J connectivity index is 0.798. The van der Waals surface area contributed by atoms with E-state index in [4.69, 9.17) is 16.3 Å². The number of imide groups is 2. The summed E-state index contributed by atoms with van der Waals surface area (Å²) in [5.74, 6) is 4.08. The Morgan fingerprint density at radius 1 is 0.862 bits per heavy atom. The van der Waals surface area contributed by atoms with E-state index < -0.39 is 46.3 Å². The first-order chi connectivity index (χ1) is 27.6. The second-order valence-corrected chi connectivity index (χ2v) is 17.8. The number of amides is 5. The molecule has 3 aromatic rings. The normalized spacial score (nSPS) is 24.9. The molecule has 1 saturated carbocycles. The zero-order valence-corrected chi connectivity index (χ0v) is 33.2. The summed E-state index contributed by atoms with van der Waals surface area (Å²) in [6.45, 7) is 11.5. The number of nitrogens with zero attached hydrogens (tertiary/aromatic N) is 5. The predicted molar refractivity (Wildman–Crippen MR) is 209 cm³/mol. The van der Waals surface area contributed by atoms with Gasteiger partial charge in [-0.1, -0.05) is 51.1 Å². The predicted octanol–water partition coefficient (Wildman–Crippen LogP) is 4.76. The quantitative estimate of drug-likeness (QED) is 0.276. The third-order valence-corrected chi connectivity index (χ3v) is 13.2. The Morgan fingerprint density at radius 3 is 2.28 bits per heavy atom. The fourth-order valence-electron chi connectivity index (χ4n) is 10.3. The molecule has 58 heavy (non-hydrogen) atoms. The number of nitrogens with one attached hydrogen (secondary N) is 1. The van der Waals surface area contributed by atoms with Crippen LogP contribution in [0.25, 0.3) is 0 Å². The van der Waals surface area contributed by atoms with Crippen LogP contribution in [-0.2, 0) is 16.1 Å². The highest BCUT2D eigenvalue weighted by Crippen LogP contribution is 2.59. The van der Waals surface area contributed by atoms with Crippen LogP contribution in [-0.4, -0.2) is 94.6 Å². The molecule has 5 amide bonds. The second kappa shape index (κ2) is 13.4. The molecule has 0 bridgehead atoms. The Bertz CT molecular complexity index is 2460. The van der Waals surface area contributed by atoms with Crippen molar-refractivity contribution in [1.82, 2.24) is 20.0 Å². The van der Waals surface area contributed by atoms with Gasteiger partial charge in [0.25, 0.3) is 17.7 Å². The number of hydrogen-bond acceptors (Lipinski definition) is 9. The summed E-state index contributed by atoms with van der Waals surface area (Å²) >= 11 is 6.26. The molecule has 3 aromatic carbocycles. The summed E-state index contributed by atoms with van der Waals surface area (Å²) in [4.78, 5) is 71.4. The molecule has 9 rings (SSSR count). The Hall–Kier alpha value is -5.76. The summed E-state index contributed by atoms with van der Waals surface area (Å²) in [6, 6.07) is 14.3. The number of ether oxygens (including phenoxy) is 1. The molecule has 4 fully saturated rings. The van der Waals surface area contributed by atoms with E-state index in [0.29, 0.717) is 28.4 Å². The third kappa shape index (κ3) is 5.85. The molecular weight excluding hydrogens is 763 g/mol. The zero-order valence-electron chi connectivity index (χ0n) is 32.4. The molecule has 1 aliphatic carbocycles. The minimum absolute atomic E-state index is 0.0658. The van der Waals surface area contributed by atoms with Crippen LogP contribution in [0.2, 0.25) is 5.02 Å². The van der Waals surface area contributed by atoms with Crippen LogP contribution < -0.4 is 15.0 Å². The average molecular weight is 803 g/mol. The van der Waals surface area contributed by atoms with E-state index in [1.54, 1.807) is 36.4 Å². The zero-order chi connectivity index (χ0) is 41.0. The number of benzene rings is 3. The Kier molecular flexibility index (Phi) is 8.73. The smallest absolute Gasteiger partial charge is 0.262 e. The maximum Gasteiger partial charge on any atom is 0.262 e. The van der Waals surface area contributed by atoms with Gasteiger partial charge in [0.1, 0.15) is 29.8 Å². The van der Waals surface area contributed by atoms with Gasteiger partial charge in [0.15, 0.2) is 0 Å². The maximum atomic E-state index is 15.4. The molecule has 0 radical (unpaired) electrons. The van der Waals surface area contributed by atoms with Gasteiger partial charge in [-0.3, -0.25) is 39.1 Å². The van der Waals surface area contributed by atoms with Crippen LogP contribution in [0.4, 0.5) is 10.1 Å². The Morgan fingerprint density at radius 2 is 1.59 bits per heavy atom. The second-order valence-electron chi connectivity index (χ2n) is 17.4. The molecule has 1 unspecified atom stereocenters. The summed E-state index contributed by atoms with van der Waals surface area (Å²) in [5, 5.41) is 11.8. The van der Waals surface area contributed by atoms with Crippen LogP contribution in [0.1, 0.15) is 88.3 Å². The van der Waals surface area contributed by atoms with E-state index in [0.717, 1.165) is 42.3 Å². The van der Waals surface area contributed by atoms with Gasteiger partial charge in [0.2, 0.25) is 11.8 Å². The molecule has 296 valence electrons. The van der Waals surface area contributed by atoms with Crippen molar-refractivity contribution in [2.75, 3.05) is 31.1 Å². The summed E-state index contributed by atoms with van der Waals surface area (Å²) in [6.07, 6.45) is -0.0861. The number of carbonyl (C=O) groups excluding carboxylic acids is 5. The molecule has 1 atom stereocenters. The number of fused-ring (bicyclic) bond motifs is 2. The number of rotatable bonds is 6. The van der Waals surface area contributed by atoms with Crippen molar-refractivity contribution in [2.45, 2.75) is 71.3 Å². The average Bonchev–Trinajstić information content (AvgIpc) is 3.56. The van der Waals surface area contributed by atoms with E-state index in [1.165, 1.54) is 6.07 Å². The molecule has 14 heteroatoms. The molecule has 0 spiro atoms. The summed E-state index contributed by atoms with van der Waals surface area (Å²) in [5.41, 5.74) is 2.17. The lowest BCUT2D eigenvalue weighted by molar-refractivity contribution is -0.199. The molecule has 3 saturated heterocycles. The van der Waals surface area contributed by atoms with Gasteiger partial charge in [0, 0.05) is 85.3 Å². The van der Waals surface area contributed by atoms with Crippen LogP contribution >= 0.6 is 11.6 Å². The first-order valence-corrected chi connectivity index (χ1v) is 19.8. The van der Waals surface area contributed by atoms with Gasteiger partial charge >= 0.3 is 0 Å². The largest absolute Gasteiger partial charge is 0.489 e. The van der Waals surface area contributed by atoms with Gasteiger partial charge in [0.05, 0.1) is 27.3 Å². The fourth-order valence-corrected chi connectivity index (χ4v) is 10.5. The molecular formula is C44H40ClFN6O6. The van der Waals surface area contributed by atoms with Crippen molar-refractivity contribution in [3.63, 3.8) is 0 Å². The van der Waals surface area contributed by atoms with Crippen molar-refractivity contribution >= 4 is 46.8 Å². The number of nitriles is 1. The first kappa shape index (κ1) is 37.8. The van der Waals surface area contributed by atoms with E-state index in [1.807, 2.05) is 11.0 Å². The van der Waals surface area contributed by atoms with Gasteiger partial charge in [-0.25, -0.2) is 4.39 Å². The molecule has 0 aromatic heterocycles. The number of carbonyl (C=O) groups is 5. The SMILES string of the molecule is CC1(C)C(Oc2ccc(C#N)c(Cl)c2)C(C)(C)C1N1Cc2cc(C#CC3CN(C4CN(c5ccc6c(c5)C(=O)N(C5CCC(=O)NC5=O)C6=O)C4)C3)c(F)cc2C1=O. The highest BCUT2D eigenvalue weighted by atomic mass is 35.5. The lowest BCUT2D eigenvalue weighted by Gasteiger charge is -2.65. The molecule has 6 aliphatic rings. The van der Waals surface area contributed by atoms with Gasteiger partial charge in [-0.15, -0.1) is 0 Å². The molecule has 5 aliphatic heterocycles. The van der Waals surface area contributed by atoms with E-state index >= 15 is 4.39 Å². The van der Waals surface area contributed by atoms with Crippen LogP contribution in [0.15, 0.2) is 48.5 Å². The minimum Gasteiger partial charge on any atom is -0.489 e. The summed E-state index contributed by atoms with van der Waals surface area (Å²) < 4.78 is 21.9. The topological polar surface area (TPSA) is 143 Å². The first-order valence-electron chi connectivity index (χ1n) is 19.4. The van der Waals surface area contributed by atoms with Gasteiger partial charge in [-0.05, 0) is 54.4 Å². The molecule has 1 N–H and O–H groups in total. The standard InChI is InChI=1S/C44H40ClFN6O6/c1-43(2)41(44(3,4)42(43)58-29-9-7-25(17-47)33(45)15-29)51-20-26-13-24(34(46)16-31(26)38(51)55)6-5-23-18-49(19-23)28-21-50(22-28)27-8-10-30-32(14-27)40(57)52(39(30)56)35-11-12-36(53)48-37(35)54/h7-10,13-16,23,28,35,41-42H,11-12,18-22H2,1-4H3,(H,48,53,54). The maximum absolute atomic E-state index is 15.4. The van der Waals surface area contributed by atoms with Crippen molar-refractivity contribution in [2.24, 2.45) is 16.7 Å². The van der Waals surface area contributed by atoms with Crippen LogP contribution in [0.5, 0.6) is 5.75 Å².